The highest BCUT2D eigenvalue weighted by Gasteiger charge is 2.41. The van der Waals surface area contributed by atoms with Gasteiger partial charge in [-0.05, 0) is 68.1 Å². The van der Waals surface area contributed by atoms with Crippen LogP contribution in [0.4, 0.5) is 0 Å². The molecule has 0 radical (unpaired) electrons. The molecule has 1 heterocycles. The fraction of sp³-hybridized carbons (Fsp3) is 0.720. The van der Waals surface area contributed by atoms with Crippen molar-refractivity contribution in [3.05, 3.63) is 23.8 Å². The third kappa shape index (κ3) is 7.36. The summed E-state index contributed by atoms with van der Waals surface area (Å²) in [7, 11) is 3.37. The highest BCUT2D eigenvalue weighted by Crippen LogP contribution is 2.49. The monoisotopic (exact) mass is 572 g/mol. The van der Waals surface area contributed by atoms with Crippen molar-refractivity contribution in [2.75, 3.05) is 60.2 Å². The van der Waals surface area contributed by atoms with Gasteiger partial charge >= 0.3 is 0 Å². The molecule has 1 saturated heterocycles. The van der Waals surface area contributed by atoms with Gasteiger partial charge in [0.05, 0.1) is 33.5 Å². The second kappa shape index (κ2) is 13.0. The van der Waals surface area contributed by atoms with Crippen LogP contribution in [0, 0.1) is 17.8 Å². The normalized spacial score (nSPS) is 20.2. The van der Waals surface area contributed by atoms with Gasteiger partial charge in [0.15, 0.2) is 17.5 Å². The predicted molar refractivity (Wildman–Crippen MR) is 143 cm³/mol. The van der Waals surface area contributed by atoms with Crippen molar-refractivity contribution in [3.8, 4) is 11.5 Å². The zero-order valence-electron chi connectivity index (χ0n) is 20.3. The van der Waals surface area contributed by atoms with E-state index in [9.17, 15) is 0 Å². The van der Waals surface area contributed by atoms with Gasteiger partial charge in [-0.15, -0.1) is 24.0 Å². The van der Waals surface area contributed by atoms with E-state index in [2.05, 4.69) is 34.6 Å². The molecule has 33 heavy (non-hydrogen) atoms. The summed E-state index contributed by atoms with van der Waals surface area (Å²) in [6.45, 7) is 8.08. The van der Waals surface area contributed by atoms with Crippen LogP contribution >= 0.6 is 24.0 Å². The minimum absolute atomic E-state index is 0. The zero-order chi connectivity index (χ0) is 22.3. The van der Waals surface area contributed by atoms with Gasteiger partial charge in [-0.25, -0.2) is 0 Å². The minimum Gasteiger partial charge on any atom is -0.493 e. The summed E-state index contributed by atoms with van der Waals surface area (Å²) in [4.78, 5) is 7.50. The van der Waals surface area contributed by atoms with Crippen molar-refractivity contribution in [2.45, 2.75) is 38.6 Å². The number of hydrogen-bond donors (Lipinski definition) is 2. The second-order valence-corrected chi connectivity index (χ2v) is 9.22. The predicted octanol–water partition coefficient (Wildman–Crippen LogP) is 3.69. The van der Waals surface area contributed by atoms with Crippen molar-refractivity contribution >= 4 is 29.9 Å². The third-order valence-corrected chi connectivity index (χ3v) is 7.00. The molecule has 1 aromatic rings. The van der Waals surface area contributed by atoms with Crippen molar-refractivity contribution in [2.24, 2.45) is 22.7 Å². The Morgan fingerprint density at radius 3 is 2.30 bits per heavy atom. The maximum absolute atomic E-state index is 5.61. The molecule has 3 aliphatic rings. The van der Waals surface area contributed by atoms with Gasteiger partial charge in [0, 0.05) is 32.7 Å². The molecule has 1 atom stereocenters. The molecule has 186 valence electrons. The first kappa shape index (κ1) is 26.3. The Balaban J connectivity index is 0.00000306. The summed E-state index contributed by atoms with van der Waals surface area (Å²) in [5, 5.41) is 7.10. The van der Waals surface area contributed by atoms with E-state index in [1.165, 1.54) is 31.2 Å². The molecule has 2 aliphatic carbocycles. The Morgan fingerprint density at radius 2 is 1.73 bits per heavy atom. The Kier molecular flexibility index (Phi) is 10.4. The van der Waals surface area contributed by atoms with Crippen LogP contribution in [0.1, 0.15) is 44.2 Å². The van der Waals surface area contributed by atoms with Crippen molar-refractivity contribution in [1.29, 1.82) is 0 Å². The van der Waals surface area contributed by atoms with E-state index in [0.29, 0.717) is 0 Å². The van der Waals surface area contributed by atoms with Crippen LogP contribution in [-0.4, -0.2) is 71.0 Å². The van der Waals surface area contributed by atoms with Crippen molar-refractivity contribution in [3.63, 3.8) is 0 Å². The van der Waals surface area contributed by atoms with E-state index in [1.54, 1.807) is 14.2 Å². The van der Waals surface area contributed by atoms with Gasteiger partial charge in [0.25, 0.3) is 0 Å². The quantitative estimate of drug-likeness (QED) is 0.240. The molecular weight excluding hydrogens is 531 g/mol. The third-order valence-electron chi connectivity index (χ3n) is 7.00. The Labute approximate surface area is 216 Å². The number of halogens is 1. The first-order valence-corrected chi connectivity index (χ1v) is 12.3. The number of ether oxygens (including phenoxy) is 3. The molecule has 1 unspecified atom stereocenters. The van der Waals surface area contributed by atoms with Gasteiger partial charge in [0.1, 0.15) is 0 Å². The summed E-state index contributed by atoms with van der Waals surface area (Å²) in [5.41, 5.74) is 1.21. The fourth-order valence-corrected chi connectivity index (χ4v) is 4.87. The first-order valence-electron chi connectivity index (χ1n) is 12.3. The number of methoxy groups -OCH3 is 2. The smallest absolute Gasteiger partial charge is 0.191 e. The Morgan fingerprint density at radius 1 is 1.06 bits per heavy atom. The lowest BCUT2D eigenvalue weighted by molar-refractivity contribution is 0.0169. The van der Waals surface area contributed by atoms with Crippen LogP contribution in [0.3, 0.4) is 0 Å². The molecule has 4 rings (SSSR count). The van der Waals surface area contributed by atoms with Crippen LogP contribution in [0.2, 0.25) is 0 Å². The molecule has 2 N–H and O–H groups in total. The lowest BCUT2D eigenvalue weighted by Crippen LogP contribution is -2.46. The average Bonchev–Trinajstić information content (AvgIpc) is 3.75. The van der Waals surface area contributed by atoms with Crippen LogP contribution in [0.25, 0.3) is 0 Å². The molecule has 8 heteroatoms. The maximum atomic E-state index is 5.61. The fourth-order valence-electron chi connectivity index (χ4n) is 4.87. The highest BCUT2D eigenvalue weighted by molar-refractivity contribution is 14.0. The Bertz CT molecular complexity index is 752. The van der Waals surface area contributed by atoms with Gasteiger partial charge in [-0.1, -0.05) is 6.07 Å². The number of morpholine rings is 1. The number of nitrogens with one attached hydrogen (secondary N) is 2. The molecule has 1 aliphatic heterocycles. The lowest BCUT2D eigenvalue weighted by Gasteiger charge is -2.35. The van der Waals surface area contributed by atoms with E-state index < -0.39 is 0 Å². The molecule has 2 saturated carbocycles. The van der Waals surface area contributed by atoms with Crippen molar-refractivity contribution < 1.29 is 14.2 Å². The first-order chi connectivity index (χ1) is 15.7. The van der Waals surface area contributed by atoms with Crippen LogP contribution in [0.15, 0.2) is 23.2 Å². The van der Waals surface area contributed by atoms with E-state index in [1.807, 2.05) is 6.07 Å². The summed E-state index contributed by atoms with van der Waals surface area (Å²) in [6.07, 6.45) is 5.61. The number of rotatable bonds is 11. The minimum atomic E-state index is 0. The molecule has 1 aromatic carbocycles. The molecule has 0 spiro atoms. The van der Waals surface area contributed by atoms with Crippen LogP contribution in [0.5, 0.6) is 11.5 Å². The lowest BCUT2D eigenvalue weighted by atomic mass is 9.98. The molecule has 3 fully saturated rings. The summed E-state index contributed by atoms with van der Waals surface area (Å²) < 4.78 is 16.6. The summed E-state index contributed by atoms with van der Waals surface area (Å²) in [5.74, 6) is 5.07. The van der Waals surface area contributed by atoms with Crippen LogP contribution < -0.4 is 20.1 Å². The standard InChI is InChI=1S/C25H40N4O3.HI/c1-4-26-25(27-16-21(18-5-6-18)19-7-8-19)28-17-22(29-11-13-32-14-12-29)20-9-10-23(30-2)24(15-20)31-3;/h9-10,15,18-19,21-22H,4-8,11-14,16-17H2,1-3H3,(H2,26,27,28);1H. The van der Waals surface area contributed by atoms with Gasteiger partial charge in [-0.3, -0.25) is 9.89 Å². The maximum Gasteiger partial charge on any atom is 0.191 e. The van der Waals surface area contributed by atoms with Crippen molar-refractivity contribution in [1.82, 2.24) is 15.5 Å². The highest BCUT2D eigenvalue weighted by atomic mass is 127. The number of nitrogens with zero attached hydrogens (tertiary/aromatic N) is 2. The molecule has 0 aromatic heterocycles. The van der Waals surface area contributed by atoms with E-state index >= 15 is 0 Å². The Hall–Kier alpha value is -1.26. The summed E-state index contributed by atoms with van der Waals surface area (Å²) in [6, 6.07) is 6.44. The molecule has 7 nitrogen and oxygen atoms in total. The van der Waals surface area contributed by atoms with Crippen LogP contribution in [-0.2, 0) is 4.74 Å². The SMILES string of the molecule is CCNC(=NCC(C1CC1)C1CC1)NCC(c1ccc(OC)c(OC)c1)N1CCOCC1.I. The number of guanidine groups is 1. The topological polar surface area (TPSA) is 67.4 Å². The average molecular weight is 573 g/mol. The summed E-state index contributed by atoms with van der Waals surface area (Å²) >= 11 is 0. The zero-order valence-corrected chi connectivity index (χ0v) is 22.7. The van der Waals surface area contributed by atoms with Gasteiger partial charge in [-0.2, -0.15) is 0 Å². The number of hydrogen-bond acceptors (Lipinski definition) is 5. The second-order valence-electron chi connectivity index (χ2n) is 9.22. The molecule has 0 bridgehead atoms. The van der Waals surface area contributed by atoms with Gasteiger partial charge in [0.2, 0.25) is 0 Å². The van der Waals surface area contributed by atoms with E-state index in [0.717, 1.165) is 81.1 Å². The van der Waals surface area contributed by atoms with E-state index in [4.69, 9.17) is 19.2 Å². The number of benzene rings is 1. The number of aliphatic imine (C=N–C) groups is 1. The largest absolute Gasteiger partial charge is 0.493 e. The van der Waals surface area contributed by atoms with E-state index in [-0.39, 0.29) is 30.0 Å². The van der Waals surface area contributed by atoms with Gasteiger partial charge < -0.3 is 24.8 Å². The molecule has 0 amide bonds. The molecular formula is C25H41IN4O3.